The second kappa shape index (κ2) is 4.80. The molecule has 1 fully saturated rings. The second-order valence-electron chi connectivity index (χ2n) is 4.15. The summed E-state index contributed by atoms with van der Waals surface area (Å²) < 4.78 is 0. The van der Waals surface area contributed by atoms with Gasteiger partial charge in [-0.05, 0) is 25.2 Å². The Bertz CT molecular complexity index is 212. The van der Waals surface area contributed by atoms with Gasteiger partial charge in [-0.1, -0.05) is 19.2 Å². The third kappa shape index (κ3) is 2.28. The molecule has 2 atom stereocenters. The smallest absolute Gasteiger partial charge is 0.323 e. The molecule has 0 amide bonds. The van der Waals surface area contributed by atoms with Crippen LogP contribution in [0.15, 0.2) is 0 Å². The first-order valence-electron chi connectivity index (χ1n) is 5.24. The van der Waals surface area contributed by atoms with Crippen molar-refractivity contribution in [3.8, 4) is 0 Å². The molecule has 0 radical (unpaired) electrons. The lowest BCUT2D eigenvalue weighted by atomic mass is 9.82. The van der Waals surface area contributed by atoms with Crippen LogP contribution in [0.5, 0.6) is 0 Å². The van der Waals surface area contributed by atoms with E-state index in [9.17, 15) is 4.79 Å². The number of rotatable bonds is 5. The van der Waals surface area contributed by atoms with Gasteiger partial charge < -0.3 is 15.9 Å². The van der Waals surface area contributed by atoms with Crippen molar-refractivity contribution in [2.75, 3.05) is 0 Å². The Balaban J connectivity index is 2.46. The molecule has 1 aliphatic carbocycles. The van der Waals surface area contributed by atoms with Crippen LogP contribution < -0.4 is 5.73 Å². The molecule has 0 unspecified atom stereocenters. The Morgan fingerprint density at radius 3 is 2.93 bits per heavy atom. The molecule has 0 spiro atoms. The summed E-state index contributed by atoms with van der Waals surface area (Å²) in [6.07, 6.45) is 4.84. The van der Waals surface area contributed by atoms with Crippen LogP contribution >= 0.6 is 0 Å². The largest absolute Gasteiger partial charge is 0.480 e. The van der Waals surface area contributed by atoms with E-state index in [2.05, 4.69) is 0 Å². The predicted octanol–water partition coefficient (Wildman–Crippen LogP) is 0.111. The van der Waals surface area contributed by atoms with Crippen molar-refractivity contribution in [3.05, 3.63) is 0 Å². The topological polar surface area (TPSA) is 83.6 Å². The Labute approximate surface area is 84.8 Å². The summed E-state index contributed by atoms with van der Waals surface area (Å²) in [4.78, 5) is 11.0. The molecule has 0 saturated heterocycles. The standard InChI is InChI=1S/C9H18BNO3/c11-9(8(12)13)5-1-3-7(9)4-2-6-10-14/h7,10,14H,1-6,11H2,(H,12,13)/t7-,9+/m1/s1. The van der Waals surface area contributed by atoms with Gasteiger partial charge in [-0.3, -0.25) is 4.79 Å². The van der Waals surface area contributed by atoms with Gasteiger partial charge in [0.2, 0.25) is 0 Å². The van der Waals surface area contributed by atoms with Crippen molar-refractivity contribution in [2.24, 2.45) is 11.7 Å². The summed E-state index contributed by atoms with van der Waals surface area (Å²) in [5, 5.41) is 17.7. The summed E-state index contributed by atoms with van der Waals surface area (Å²) in [6, 6.07) is 0. The summed E-state index contributed by atoms with van der Waals surface area (Å²) in [6.45, 7) is 0. The number of hydrogen-bond donors (Lipinski definition) is 3. The van der Waals surface area contributed by atoms with Gasteiger partial charge in [0, 0.05) is 0 Å². The van der Waals surface area contributed by atoms with Crippen molar-refractivity contribution in [1.82, 2.24) is 0 Å². The predicted molar refractivity (Wildman–Crippen MR) is 55.3 cm³/mol. The van der Waals surface area contributed by atoms with E-state index < -0.39 is 11.5 Å². The first kappa shape index (κ1) is 11.5. The molecule has 0 aromatic heterocycles. The summed E-state index contributed by atoms with van der Waals surface area (Å²) >= 11 is 0. The van der Waals surface area contributed by atoms with Gasteiger partial charge >= 0.3 is 5.97 Å². The van der Waals surface area contributed by atoms with E-state index in [0.29, 0.717) is 6.42 Å². The fourth-order valence-electron chi connectivity index (χ4n) is 2.29. The highest BCUT2D eigenvalue weighted by Gasteiger charge is 2.45. The van der Waals surface area contributed by atoms with Crippen LogP contribution in [0, 0.1) is 5.92 Å². The van der Waals surface area contributed by atoms with Gasteiger partial charge in [0.15, 0.2) is 0 Å². The average Bonchev–Trinajstić information content (AvgIpc) is 2.50. The Morgan fingerprint density at radius 1 is 1.64 bits per heavy atom. The van der Waals surface area contributed by atoms with E-state index in [4.69, 9.17) is 15.9 Å². The number of carbonyl (C=O) groups is 1. The van der Waals surface area contributed by atoms with Crippen LogP contribution in [0.2, 0.25) is 6.32 Å². The zero-order valence-electron chi connectivity index (χ0n) is 8.41. The van der Waals surface area contributed by atoms with Gasteiger partial charge in [-0.25, -0.2) is 0 Å². The molecule has 0 aromatic rings. The van der Waals surface area contributed by atoms with Crippen LogP contribution in [0.1, 0.15) is 32.1 Å². The van der Waals surface area contributed by atoms with Crippen LogP contribution in [0.3, 0.4) is 0 Å². The molecule has 1 saturated carbocycles. The minimum absolute atomic E-state index is 0.0894. The molecule has 0 bridgehead atoms. The maximum atomic E-state index is 11.0. The minimum atomic E-state index is -1.00. The average molecular weight is 199 g/mol. The molecular formula is C9H18BNO3. The maximum Gasteiger partial charge on any atom is 0.323 e. The highest BCUT2D eigenvalue weighted by molar-refractivity contribution is 6.25. The quantitative estimate of drug-likeness (QED) is 0.433. The van der Waals surface area contributed by atoms with E-state index in [1.54, 1.807) is 0 Å². The number of carboxylic acids is 1. The van der Waals surface area contributed by atoms with Crippen molar-refractivity contribution in [1.29, 1.82) is 0 Å². The molecular weight excluding hydrogens is 181 g/mol. The molecule has 0 aromatic carbocycles. The van der Waals surface area contributed by atoms with Crippen molar-refractivity contribution in [2.45, 2.75) is 44.0 Å². The molecule has 0 heterocycles. The Morgan fingerprint density at radius 2 is 2.36 bits per heavy atom. The minimum Gasteiger partial charge on any atom is -0.480 e. The lowest BCUT2D eigenvalue weighted by molar-refractivity contribution is -0.144. The molecule has 4 nitrogen and oxygen atoms in total. The van der Waals surface area contributed by atoms with E-state index >= 15 is 0 Å². The molecule has 14 heavy (non-hydrogen) atoms. The lowest BCUT2D eigenvalue weighted by Crippen LogP contribution is -2.50. The van der Waals surface area contributed by atoms with Gasteiger partial charge in [0.05, 0.1) is 0 Å². The van der Waals surface area contributed by atoms with Gasteiger partial charge in [0.1, 0.15) is 5.54 Å². The molecule has 1 aliphatic rings. The van der Waals surface area contributed by atoms with Crippen LogP contribution in [-0.2, 0) is 4.79 Å². The van der Waals surface area contributed by atoms with E-state index in [1.807, 2.05) is 0 Å². The zero-order chi connectivity index (χ0) is 10.6. The Hall–Kier alpha value is -0.545. The summed E-state index contributed by atoms with van der Waals surface area (Å²) in [7, 11) is 0.178. The van der Waals surface area contributed by atoms with Gasteiger partial charge in [-0.2, -0.15) is 0 Å². The van der Waals surface area contributed by atoms with Crippen LogP contribution in [-0.4, -0.2) is 29.1 Å². The van der Waals surface area contributed by atoms with Gasteiger partial charge in [0.25, 0.3) is 7.48 Å². The third-order valence-corrected chi connectivity index (χ3v) is 3.23. The van der Waals surface area contributed by atoms with Crippen molar-refractivity contribution < 1.29 is 14.9 Å². The highest BCUT2D eigenvalue weighted by Crippen LogP contribution is 2.37. The van der Waals surface area contributed by atoms with E-state index in [0.717, 1.165) is 32.0 Å². The van der Waals surface area contributed by atoms with Crippen molar-refractivity contribution in [3.63, 3.8) is 0 Å². The third-order valence-electron chi connectivity index (χ3n) is 3.23. The highest BCUT2D eigenvalue weighted by atomic mass is 16.4. The molecule has 4 N–H and O–H groups in total. The number of aliphatic carboxylic acids is 1. The molecule has 0 aliphatic heterocycles. The second-order valence-corrected chi connectivity index (χ2v) is 4.15. The van der Waals surface area contributed by atoms with E-state index in [1.165, 1.54) is 0 Å². The first-order chi connectivity index (χ1) is 6.61. The van der Waals surface area contributed by atoms with Gasteiger partial charge in [-0.15, -0.1) is 0 Å². The Kier molecular flexibility index (Phi) is 3.95. The lowest BCUT2D eigenvalue weighted by Gasteiger charge is -2.26. The summed E-state index contributed by atoms with van der Waals surface area (Å²) in [5.41, 5.74) is 4.86. The maximum absolute atomic E-state index is 11.0. The molecule has 80 valence electrons. The first-order valence-corrected chi connectivity index (χ1v) is 5.24. The number of carboxylic acid groups (broad SMARTS) is 1. The summed E-state index contributed by atoms with van der Waals surface area (Å²) in [5.74, 6) is -0.782. The number of nitrogens with two attached hydrogens (primary N) is 1. The normalized spacial score (nSPS) is 31.7. The fourth-order valence-corrected chi connectivity index (χ4v) is 2.29. The van der Waals surface area contributed by atoms with Crippen LogP contribution in [0.4, 0.5) is 0 Å². The number of hydrogen-bond acceptors (Lipinski definition) is 3. The van der Waals surface area contributed by atoms with E-state index in [-0.39, 0.29) is 13.4 Å². The zero-order valence-corrected chi connectivity index (χ0v) is 8.41. The monoisotopic (exact) mass is 199 g/mol. The fraction of sp³-hybridized carbons (Fsp3) is 0.889. The molecule has 1 rings (SSSR count). The van der Waals surface area contributed by atoms with Crippen LogP contribution in [0.25, 0.3) is 0 Å². The molecule has 5 heteroatoms. The van der Waals surface area contributed by atoms with Crippen molar-refractivity contribution >= 4 is 13.5 Å². The SMILES string of the molecule is N[C@@]1(C(=O)O)CCC[C@@H]1CCCBO.